The first-order valence-electron chi connectivity index (χ1n) is 7.03. The van der Waals surface area contributed by atoms with Gasteiger partial charge in [-0.15, -0.1) is 0 Å². The topological polar surface area (TPSA) is 46.8 Å². The molecule has 0 saturated carbocycles. The normalized spacial score (nSPS) is 18.8. The molecule has 0 radical (unpaired) electrons. The summed E-state index contributed by atoms with van der Waals surface area (Å²) in [5.74, 6) is 2.13. The van der Waals surface area contributed by atoms with Crippen molar-refractivity contribution in [2.45, 2.75) is 32.2 Å². The lowest BCUT2D eigenvalue weighted by atomic mass is 10.1. The van der Waals surface area contributed by atoms with Crippen LogP contribution in [0.25, 0.3) is 11.2 Å². The number of allylic oxidation sites excluding steroid dienone is 2. The van der Waals surface area contributed by atoms with E-state index in [2.05, 4.69) is 31.6 Å². The van der Waals surface area contributed by atoms with Crippen molar-refractivity contribution in [1.82, 2.24) is 19.5 Å². The molecule has 0 aliphatic carbocycles. The third kappa shape index (κ3) is 1.72. The van der Waals surface area contributed by atoms with Crippen LogP contribution in [-0.2, 0) is 13.0 Å². The molecule has 0 bridgehead atoms. The van der Waals surface area contributed by atoms with Crippen LogP contribution in [0.4, 0.5) is 5.82 Å². The van der Waals surface area contributed by atoms with Crippen molar-refractivity contribution in [3.8, 4) is 0 Å². The lowest BCUT2D eigenvalue weighted by Gasteiger charge is -2.27. The van der Waals surface area contributed by atoms with E-state index in [-0.39, 0.29) is 0 Å². The Labute approximate surface area is 112 Å². The minimum Gasteiger partial charge on any atom is -0.355 e. The van der Waals surface area contributed by atoms with Gasteiger partial charge in [-0.1, -0.05) is 12.2 Å². The van der Waals surface area contributed by atoms with Crippen LogP contribution in [0.3, 0.4) is 0 Å². The zero-order valence-corrected chi connectivity index (χ0v) is 10.9. The number of piperidine rings is 1. The first-order valence-corrected chi connectivity index (χ1v) is 7.03. The molecule has 0 spiro atoms. The number of rotatable bonds is 1. The van der Waals surface area contributed by atoms with Gasteiger partial charge in [-0.05, 0) is 19.3 Å². The molecule has 2 aliphatic heterocycles. The molecule has 0 aromatic carbocycles. The van der Waals surface area contributed by atoms with E-state index in [4.69, 9.17) is 4.98 Å². The average Bonchev–Trinajstić information content (AvgIpc) is 2.87. The number of anilines is 1. The van der Waals surface area contributed by atoms with Gasteiger partial charge in [0, 0.05) is 26.1 Å². The summed E-state index contributed by atoms with van der Waals surface area (Å²) in [6, 6.07) is 0. The predicted molar refractivity (Wildman–Crippen MR) is 74.2 cm³/mol. The van der Waals surface area contributed by atoms with Crippen LogP contribution < -0.4 is 4.90 Å². The van der Waals surface area contributed by atoms with Gasteiger partial charge in [-0.2, -0.15) is 0 Å². The third-order valence-electron chi connectivity index (χ3n) is 4.00. The quantitative estimate of drug-likeness (QED) is 0.730. The summed E-state index contributed by atoms with van der Waals surface area (Å²) >= 11 is 0. The van der Waals surface area contributed by atoms with E-state index < -0.39 is 0 Å². The number of nitrogens with zero attached hydrogens (tertiary/aromatic N) is 5. The minimum atomic E-state index is 0.877. The van der Waals surface area contributed by atoms with E-state index in [1.54, 1.807) is 6.33 Å². The summed E-state index contributed by atoms with van der Waals surface area (Å²) in [4.78, 5) is 16.1. The molecule has 2 aliphatic rings. The maximum absolute atomic E-state index is 4.77. The largest absolute Gasteiger partial charge is 0.355 e. The van der Waals surface area contributed by atoms with E-state index >= 15 is 0 Å². The van der Waals surface area contributed by atoms with Crippen LogP contribution >= 0.6 is 0 Å². The number of fused-ring (bicyclic) bond motifs is 3. The summed E-state index contributed by atoms with van der Waals surface area (Å²) in [6.45, 7) is 3.06. The van der Waals surface area contributed by atoms with Gasteiger partial charge in [0.25, 0.3) is 0 Å². The van der Waals surface area contributed by atoms with Crippen molar-refractivity contribution in [2.24, 2.45) is 0 Å². The van der Waals surface area contributed by atoms with Crippen LogP contribution in [0, 0.1) is 0 Å². The van der Waals surface area contributed by atoms with Gasteiger partial charge in [0.05, 0.1) is 0 Å². The fourth-order valence-electron chi connectivity index (χ4n) is 3.02. The van der Waals surface area contributed by atoms with E-state index in [1.165, 1.54) is 19.3 Å². The second kappa shape index (κ2) is 4.33. The van der Waals surface area contributed by atoms with Crippen molar-refractivity contribution in [1.29, 1.82) is 0 Å². The number of aromatic nitrogens is 4. The second-order valence-corrected chi connectivity index (χ2v) is 5.23. The molecule has 2 aromatic heterocycles. The van der Waals surface area contributed by atoms with E-state index in [0.717, 1.165) is 48.9 Å². The number of hydrogen-bond acceptors (Lipinski definition) is 4. The molecule has 1 fully saturated rings. The van der Waals surface area contributed by atoms with Crippen LogP contribution in [-0.4, -0.2) is 32.6 Å². The fraction of sp³-hybridized carbons (Fsp3) is 0.500. The maximum Gasteiger partial charge on any atom is 0.165 e. The molecule has 0 N–H and O–H groups in total. The summed E-state index contributed by atoms with van der Waals surface area (Å²) in [5.41, 5.74) is 1.96. The molecule has 5 nitrogen and oxygen atoms in total. The van der Waals surface area contributed by atoms with E-state index in [1.807, 2.05) is 0 Å². The Bertz CT molecular complexity index is 637. The summed E-state index contributed by atoms with van der Waals surface area (Å²) < 4.78 is 2.20. The Morgan fingerprint density at radius 2 is 1.89 bits per heavy atom. The second-order valence-electron chi connectivity index (χ2n) is 5.23. The van der Waals surface area contributed by atoms with Crippen LogP contribution in [0.15, 0.2) is 18.5 Å². The van der Waals surface area contributed by atoms with Crippen LogP contribution in [0.5, 0.6) is 0 Å². The zero-order chi connectivity index (χ0) is 12.7. The Hall–Kier alpha value is -1.91. The average molecular weight is 255 g/mol. The first-order chi connectivity index (χ1) is 9.43. The highest BCUT2D eigenvalue weighted by molar-refractivity contribution is 5.84. The highest BCUT2D eigenvalue weighted by Gasteiger charge is 2.20. The highest BCUT2D eigenvalue weighted by Crippen LogP contribution is 2.26. The van der Waals surface area contributed by atoms with Gasteiger partial charge >= 0.3 is 0 Å². The molecule has 4 rings (SSSR count). The first kappa shape index (κ1) is 11.0. The van der Waals surface area contributed by atoms with Crippen molar-refractivity contribution >= 4 is 17.0 Å². The Kier molecular flexibility index (Phi) is 2.50. The third-order valence-corrected chi connectivity index (χ3v) is 4.00. The fourth-order valence-corrected chi connectivity index (χ4v) is 3.02. The van der Waals surface area contributed by atoms with E-state index in [0.29, 0.717) is 0 Å². The highest BCUT2D eigenvalue weighted by atomic mass is 15.2. The molecule has 2 aromatic rings. The lowest BCUT2D eigenvalue weighted by Crippen LogP contribution is -2.30. The molecular formula is C14H17N5. The van der Waals surface area contributed by atoms with Gasteiger partial charge in [0.15, 0.2) is 17.0 Å². The molecule has 5 heteroatoms. The number of hydrogen-bond donors (Lipinski definition) is 0. The smallest absolute Gasteiger partial charge is 0.165 e. The predicted octanol–water partition coefficient (Wildman–Crippen LogP) is 1.93. The molecular weight excluding hydrogens is 238 g/mol. The van der Waals surface area contributed by atoms with Gasteiger partial charge in [0.1, 0.15) is 12.2 Å². The van der Waals surface area contributed by atoms with Gasteiger partial charge in [-0.25, -0.2) is 15.0 Å². The molecule has 0 atom stereocenters. The van der Waals surface area contributed by atoms with Crippen molar-refractivity contribution in [2.75, 3.05) is 18.0 Å². The number of imidazole rings is 1. The maximum atomic E-state index is 4.77. The van der Waals surface area contributed by atoms with Gasteiger partial charge < -0.3 is 9.47 Å². The molecule has 1 saturated heterocycles. The Balaban J connectivity index is 1.85. The van der Waals surface area contributed by atoms with Gasteiger partial charge in [0.2, 0.25) is 0 Å². The Morgan fingerprint density at radius 1 is 1.00 bits per heavy atom. The molecule has 0 unspecified atom stereocenters. The minimum absolute atomic E-state index is 0.877. The molecule has 4 heterocycles. The zero-order valence-electron chi connectivity index (χ0n) is 10.9. The van der Waals surface area contributed by atoms with Crippen molar-refractivity contribution < 1.29 is 0 Å². The molecule has 98 valence electrons. The summed E-state index contributed by atoms with van der Waals surface area (Å²) in [7, 11) is 0. The summed E-state index contributed by atoms with van der Waals surface area (Å²) in [5, 5.41) is 0. The van der Waals surface area contributed by atoms with Gasteiger partial charge in [-0.3, -0.25) is 0 Å². The van der Waals surface area contributed by atoms with Crippen LogP contribution in [0.2, 0.25) is 0 Å². The molecule has 19 heavy (non-hydrogen) atoms. The van der Waals surface area contributed by atoms with Crippen molar-refractivity contribution in [3.05, 3.63) is 24.3 Å². The summed E-state index contributed by atoms with van der Waals surface area (Å²) in [6.07, 6.45) is 10.8. The lowest BCUT2D eigenvalue weighted by molar-refractivity contribution is 0.574. The molecule has 0 amide bonds. The standard InChI is InChI=1S/C14H17N5/c1-3-7-18(8-4-1)13-12-14(16-10-15-13)19-9-5-2-6-11(19)17-12/h2,5,10H,1,3-4,6-9H2. The van der Waals surface area contributed by atoms with Crippen LogP contribution in [0.1, 0.15) is 25.1 Å². The van der Waals surface area contributed by atoms with Crippen molar-refractivity contribution in [3.63, 3.8) is 0 Å². The van der Waals surface area contributed by atoms with E-state index in [9.17, 15) is 0 Å². The monoisotopic (exact) mass is 255 g/mol. The SMILES string of the molecule is C1=CCn2c(nc3c(N4CCCCC4)ncnc32)C1. The Morgan fingerprint density at radius 3 is 2.79 bits per heavy atom.